The third-order valence-corrected chi connectivity index (χ3v) is 7.97. The van der Waals surface area contributed by atoms with Crippen LogP contribution in [0.1, 0.15) is 26.7 Å². The van der Waals surface area contributed by atoms with Gasteiger partial charge in [-0.25, -0.2) is 0 Å². The van der Waals surface area contributed by atoms with Gasteiger partial charge in [0, 0.05) is 13.8 Å². The summed E-state index contributed by atoms with van der Waals surface area (Å²) in [6.45, 7) is 3.28. The lowest BCUT2D eigenvalue weighted by atomic mass is 9.55. The van der Waals surface area contributed by atoms with Gasteiger partial charge < -0.3 is 9.47 Å². The molecule has 4 heteroatoms. The van der Waals surface area contributed by atoms with Crippen molar-refractivity contribution >= 4 is 11.9 Å². The Hall–Kier alpha value is -1.06. The van der Waals surface area contributed by atoms with Crippen molar-refractivity contribution in [3.8, 4) is 0 Å². The molecule has 0 unspecified atom stereocenters. The van der Waals surface area contributed by atoms with Crippen molar-refractivity contribution in [1.82, 2.24) is 0 Å². The maximum absolute atomic E-state index is 12.5. The normalized spacial score (nSPS) is 61.1. The predicted molar refractivity (Wildman–Crippen MR) is 70.4 cm³/mol. The summed E-state index contributed by atoms with van der Waals surface area (Å²) in [4.78, 5) is 25.0. The van der Waals surface area contributed by atoms with Crippen LogP contribution in [0.2, 0.25) is 0 Å². The molecule has 6 aliphatic rings. The molecule has 2 bridgehead atoms. The number of fused-ring (bicyclic) bond motifs is 2. The molecule has 4 nitrogen and oxygen atoms in total. The lowest BCUT2D eigenvalue weighted by molar-refractivity contribution is -0.246. The second-order valence-corrected chi connectivity index (χ2v) is 8.73. The quantitative estimate of drug-likeness (QED) is 0.545. The number of esters is 2. The highest BCUT2D eigenvalue weighted by Crippen LogP contribution is 2.85. The molecule has 0 spiro atoms. The van der Waals surface area contributed by atoms with E-state index in [1.54, 1.807) is 13.8 Å². The summed E-state index contributed by atoms with van der Waals surface area (Å²) in [7, 11) is 0. The summed E-state index contributed by atoms with van der Waals surface area (Å²) in [5.41, 5.74) is 0. The summed E-state index contributed by atoms with van der Waals surface area (Å²) in [6.07, 6.45) is 2.74. The van der Waals surface area contributed by atoms with Crippen molar-refractivity contribution < 1.29 is 19.1 Å². The number of ether oxygens (including phenoxy) is 2. The van der Waals surface area contributed by atoms with Gasteiger partial charge in [0.05, 0.1) is 0 Å². The molecule has 1 saturated heterocycles. The van der Waals surface area contributed by atoms with Crippen molar-refractivity contribution in [2.75, 3.05) is 0 Å². The van der Waals surface area contributed by atoms with Gasteiger partial charge in [-0.3, -0.25) is 9.59 Å². The van der Waals surface area contributed by atoms with Crippen LogP contribution in [0.15, 0.2) is 0 Å². The Morgan fingerprint density at radius 3 is 1.81 bits per heavy atom. The Balaban J connectivity index is 1.41. The van der Waals surface area contributed by atoms with E-state index in [1.165, 1.54) is 12.8 Å². The number of rotatable bonds is 1. The summed E-state index contributed by atoms with van der Waals surface area (Å²) in [6, 6.07) is 0. The maximum Gasteiger partial charge on any atom is 0.323 e. The molecule has 0 aromatic carbocycles. The van der Waals surface area contributed by atoms with Gasteiger partial charge in [0.2, 0.25) is 0 Å². The number of cyclic esters (lactones) is 2. The second kappa shape index (κ2) is 3.02. The molecule has 1 heterocycles. The summed E-state index contributed by atoms with van der Waals surface area (Å²) >= 11 is 0. The second-order valence-electron chi connectivity index (χ2n) is 8.73. The van der Waals surface area contributed by atoms with E-state index in [0.717, 1.165) is 35.5 Å². The molecule has 0 amide bonds. The molecule has 112 valence electrons. The fourth-order valence-corrected chi connectivity index (χ4v) is 8.04. The Bertz CT molecular complexity index is 570. The maximum atomic E-state index is 12.5. The SMILES string of the molecule is CC1(C)OC(=O)C([C@@H]2[C@@H]3[C@H]4C[C@H]5[C@@H]3C[C@H]3[C@H]5[C@@H]4[C@@H]32)C(=O)O1. The van der Waals surface area contributed by atoms with Crippen LogP contribution in [0.5, 0.6) is 0 Å². The minimum Gasteiger partial charge on any atom is -0.422 e. The van der Waals surface area contributed by atoms with E-state index in [4.69, 9.17) is 9.47 Å². The van der Waals surface area contributed by atoms with Gasteiger partial charge >= 0.3 is 11.9 Å². The van der Waals surface area contributed by atoms with Crippen molar-refractivity contribution in [2.45, 2.75) is 32.5 Å². The lowest BCUT2D eigenvalue weighted by Gasteiger charge is -2.49. The highest BCUT2D eigenvalue weighted by Gasteiger charge is 2.82. The first kappa shape index (κ1) is 11.5. The van der Waals surface area contributed by atoms with E-state index < -0.39 is 11.7 Å². The first-order valence-corrected chi connectivity index (χ1v) is 8.44. The van der Waals surface area contributed by atoms with Crippen LogP contribution in [-0.4, -0.2) is 17.7 Å². The molecule has 9 atom stereocenters. The average molecular weight is 288 g/mol. The third kappa shape index (κ3) is 1.02. The molecule has 0 aromatic rings. The molecule has 0 N–H and O–H groups in total. The van der Waals surface area contributed by atoms with Gasteiger partial charge in [0.25, 0.3) is 5.79 Å². The molecule has 6 fully saturated rings. The number of carbonyl (C=O) groups is 2. The standard InChI is InChI=1S/C17H20O4/c1-17(2)20-15(18)14(16(19)21-17)13-10-6-4-7-9-5(6)3-8(10)11(9)12(7)13/h5-14H,3-4H2,1-2H3/t5-,6-,7-,8+,9-,10-,11+,12+,13+/m0/s1. The molecule has 6 rings (SSSR count). The van der Waals surface area contributed by atoms with Crippen LogP contribution >= 0.6 is 0 Å². The minimum absolute atomic E-state index is 0.226. The Morgan fingerprint density at radius 1 is 0.762 bits per heavy atom. The van der Waals surface area contributed by atoms with Crippen LogP contribution in [0.4, 0.5) is 0 Å². The van der Waals surface area contributed by atoms with Gasteiger partial charge in [-0.05, 0) is 66.1 Å². The lowest BCUT2D eigenvalue weighted by Crippen LogP contribution is -2.54. The molecule has 5 aliphatic carbocycles. The van der Waals surface area contributed by atoms with Crippen molar-refractivity contribution in [1.29, 1.82) is 0 Å². The molecule has 0 radical (unpaired) electrons. The van der Waals surface area contributed by atoms with Crippen molar-refractivity contribution in [3.63, 3.8) is 0 Å². The highest BCUT2D eigenvalue weighted by atomic mass is 16.7. The van der Waals surface area contributed by atoms with E-state index in [1.807, 2.05) is 0 Å². The average Bonchev–Trinajstić information content (AvgIpc) is 2.85. The van der Waals surface area contributed by atoms with Gasteiger partial charge in [-0.1, -0.05) is 0 Å². The van der Waals surface area contributed by atoms with E-state index >= 15 is 0 Å². The molecule has 21 heavy (non-hydrogen) atoms. The van der Waals surface area contributed by atoms with Gasteiger partial charge in [0.15, 0.2) is 5.92 Å². The Labute approximate surface area is 123 Å². The zero-order valence-corrected chi connectivity index (χ0v) is 12.3. The van der Waals surface area contributed by atoms with Crippen LogP contribution in [0.3, 0.4) is 0 Å². The summed E-state index contributed by atoms with van der Waals surface area (Å²) in [5, 5.41) is 0. The Morgan fingerprint density at radius 2 is 1.24 bits per heavy atom. The zero-order chi connectivity index (χ0) is 14.3. The first-order valence-electron chi connectivity index (χ1n) is 8.44. The van der Waals surface area contributed by atoms with Crippen molar-refractivity contribution in [3.05, 3.63) is 0 Å². The smallest absolute Gasteiger partial charge is 0.323 e. The molecule has 5 saturated carbocycles. The predicted octanol–water partition coefficient (Wildman–Crippen LogP) is 1.83. The first-order chi connectivity index (χ1) is 9.98. The molecular weight excluding hydrogens is 268 g/mol. The van der Waals surface area contributed by atoms with E-state index in [0.29, 0.717) is 11.8 Å². The number of hydrogen-bond donors (Lipinski definition) is 0. The number of carbonyl (C=O) groups excluding carboxylic acids is 2. The van der Waals surface area contributed by atoms with Crippen molar-refractivity contribution in [2.24, 2.45) is 59.2 Å². The molecule has 0 aromatic heterocycles. The third-order valence-electron chi connectivity index (χ3n) is 7.97. The minimum atomic E-state index is -1.09. The van der Waals surface area contributed by atoms with Gasteiger partial charge in [-0.15, -0.1) is 0 Å². The summed E-state index contributed by atoms with van der Waals surface area (Å²) < 4.78 is 10.8. The van der Waals surface area contributed by atoms with Crippen LogP contribution in [0.25, 0.3) is 0 Å². The van der Waals surface area contributed by atoms with E-state index in [-0.39, 0.29) is 17.9 Å². The van der Waals surface area contributed by atoms with Crippen LogP contribution < -0.4 is 0 Å². The van der Waals surface area contributed by atoms with Crippen LogP contribution in [-0.2, 0) is 19.1 Å². The molecular formula is C17H20O4. The van der Waals surface area contributed by atoms with E-state index in [2.05, 4.69) is 0 Å². The highest BCUT2D eigenvalue weighted by molar-refractivity contribution is 5.97. The fourth-order valence-electron chi connectivity index (χ4n) is 8.04. The Kier molecular flexibility index (Phi) is 1.65. The van der Waals surface area contributed by atoms with Crippen LogP contribution in [0, 0.1) is 59.2 Å². The molecule has 1 aliphatic heterocycles. The van der Waals surface area contributed by atoms with Gasteiger partial charge in [-0.2, -0.15) is 0 Å². The van der Waals surface area contributed by atoms with Gasteiger partial charge in [0.1, 0.15) is 0 Å². The fraction of sp³-hybridized carbons (Fsp3) is 0.882. The zero-order valence-electron chi connectivity index (χ0n) is 12.3. The summed E-state index contributed by atoms with van der Waals surface area (Å²) in [5.74, 6) is 4.14. The monoisotopic (exact) mass is 288 g/mol. The van der Waals surface area contributed by atoms with E-state index in [9.17, 15) is 9.59 Å². The largest absolute Gasteiger partial charge is 0.422 e. The number of hydrogen-bond acceptors (Lipinski definition) is 4. The topological polar surface area (TPSA) is 52.6 Å².